The predicted molar refractivity (Wildman–Crippen MR) is 137 cm³/mol. The Balaban J connectivity index is 1.06. The van der Waals surface area contributed by atoms with Gasteiger partial charge in [0.25, 0.3) is 0 Å². The Morgan fingerprint density at radius 3 is 2.15 bits per heavy atom. The number of hydrogen-bond acceptors (Lipinski definition) is 5. The summed E-state index contributed by atoms with van der Waals surface area (Å²) in [4.78, 5) is 4.50. The highest BCUT2D eigenvalue weighted by atomic mass is 16.5. The SMILES string of the molecule is c1ccc(OCCCCCCOc2ccc(-c3cc4cc(C5=NCCN5)ccc4o3)cc2)cc1. The molecule has 0 fully saturated rings. The van der Waals surface area contributed by atoms with Crippen molar-refractivity contribution in [1.82, 2.24) is 5.32 Å². The second kappa shape index (κ2) is 10.9. The number of furan rings is 1. The average Bonchev–Trinajstić information content (AvgIpc) is 3.56. The maximum Gasteiger partial charge on any atom is 0.135 e. The molecule has 0 saturated heterocycles. The summed E-state index contributed by atoms with van der Waals surface area (Å²) >= 11 is 0. The largest absolute Gasteiger partial charge is 0.494 e. The molecule has 4 aromatic rings. The monoisotopic (exact) mass is 454 g/mol. The lowest BCUT2D eigenvalue weighted by molar-refractivity contribution is 0.287. The quantitative estimate of drug-likeness (QED) is 0.264. The number of nitrogens with zero attached hydrogens (tertiary/aromatic N) is 1. The Morgan fingerprint density at radius 1 is 0.735 bits per heavy atom. The van der Waals surface area contributed by atoms with Crippen LogP contribution in [0.1, 0.15) is 31.2 Å². The van der Waals surface area contributed by atoms with Gasteiger partial charge >= 0.3 is 0 Å². The summed E-state index contributed by atoms with van der Waals surface area (Å²) in [6, 6.07) is 26.4. The summed E-state index contributed by atoms with van der Waals surface area (Å²) < 4.78 is 17.7. The summed E-state index contributed by atoms with van der Waals surface area (Å²) in [6.07, 6.45) is 4.39. The van der Waals surface area contributed by atoms with E-state index < -0.39 is 0 Å². The molecule has 0 aliphatic carbocycles. The molecule has 1 aliphatic rings. The smallest absolute Gasteiger partial charge is 0.135 e. The van der Waals surface area contributed by atoms with E-state index in [1.807, 2.05) is 48.5 Å². The molecule has 34 heavy (non-hydrogen) atoms. The Morgan fingerprint density at radius 2 is 1.44 bits per heavy atom. The van der Waals surface area contributed by atoms with E-state index in [-0.39, 0.29) is 0 Å². The standard InChI is InChI=1S/C29H30N2O3/c1(6-18-32-25-8-4-3-5-9-25)2-7-19-33-26-13-10-22(11-14-26)28-21-24-20-23(12-15-27(24)34-28)29-30-16-17-31-29/h3-5,8-15,20-21H,1-2,6-7,16-19H2,(H,30,31). The van der Waals surface area contributed by atoms with Gasteiger partial charge in [-0.1, -0.05) is 18.2 Å². The number of amidine groups is 1. The fraction of sp³-hybridized carbons (Fsp3) is 0.276. The molecule has 1 aliphatic heterocycles. The molecule has 3 aromatic carbocycles. The molecule has 0 radical (unpaired) electrons. The molecule has 0 saturated carbocycles. The van der Waals surface area contributed by atoms with Gasteiger partial charge in [0.2, 0.25) is 0 Å². The van der Waals surface area contributed by atoms with E-state index in [0.29, 0.717) is 0 Å². The van der Waals surface area contributed by atoms with Gasteiger partial charge in [0, 0.05) is 23.1 Å². The van der Waals surface area contributed by atoms with Crippen LogP contribution in [0.3, 0.4) is 0 Å². The number of ether oxygens (including phenoxy) is 2. The van der Waals surface area contributed by atoms with Gasteiger partial charge in [0.1, 0.15) is 28.7 Å². The maximum absolute atomic E-state index is 6.07. The van der Waals surface area contributed by atoms with Crippen LogP contribution in [0.15, 0.2) is 88.3 Å². The van der Waals surface area contributed by atoms with Crippen LogP contribution in [0.2, 0.25) is 0 Å². The topological polar surface area (TPSA) is 56.0 Å². The molecule has 5 heteroatoms. The van der Waals surface area contributed by atoms with E-state index in [9.17, 15) is 0 Å². The zero-order valence-electron chi connectivity index (χ0n) is 19.3. The first kappa shape index (κ1) is 22.1. The zero-order chi connectivity index (χ0) is 23.0. The predicted octanol–water partition coefficient (Wildman–Crippen LogP) is 6.47. The number of fused-ring (bicyclic) bond motifs is 1. The number of rotatable bonds is 11. The molecule has 1 aromatic heterocycles. The highest BCUT2D eigenvalue weighted by Crippen LogP contribution is 2.30. The third-order valence-corrected chi connectivity index (χ3v) is 5.92. The summed E-state index contributed by atoms with van der Waals surface area (Å²) in [5, 5.41) is 4.40. The Labute approximate surface area is 200 Å². The van der Waals surface area contributed by atoms with Crippen LogP contribution in [0, 0.1) is 0 Å². The van der Waals surface area contributed by atoms with Gasteiger partial charge in [-0.05, 0) is 86.3 Å². The van der Waals surface area contributed by atoms with Crippen LogP contribution in [-0.2, 0) is 0 Å². The minimum atomic E-state index is 0.726. The van der Waals surface area contributed by atoms with Crippen molar-refractivity contribution in [2.75, 3.05) is 26.3 Å². The molecule has 0 spiro atoms. The molecule has 174 valence electrons. The minimum Gasteiger partial charge on any atom is -0.494 e. The Hall–Kier alpha value is -3.73. The highest BCUT2D eigenvalue weighted by Gasteiger charge is 2.11. The second-order valence-electron chi connectivity index (χ2n) is 8.47. The zero-order valence-corrected chi connectivity index (χ0v) is 19.3. The molecule has 2 heterocycles. The molecular weight excluding hydrogens is 424 g/mol. The van der Waals surface area contributed by atoms with Crippen molar-refractivity contribution < 1.29 is 13.9 Å². The van der Waals surface area contributed by atoms with Gasteiger partial charge in [-0.25, -0.2) is 0 Å². The van der Waals surface area contributed by atoms with E-state index in [1.54, 1.807) is 0 Å². The second-order valence-corrected chi connectivity index (χ2v) is 8.47. The number of nitrogens with one attached hydrogen (secondary N) is 1. The lowest BCUT2D eigenvalue weighted by atomic mass is 10.1. The minimum absolute atomic E-state index is 0.726. The van der Waals surface area contributed by atoms with Gasteiger partial charge in [0.05, 0.1) is 19.8 Å². The van der Waals surface area contributed by atoms with E-state index in [0.717, 1.165) is 97.2 Å². The number of benzene rings is 3. The summed E-state index contributed by atoms with van der Waals surface area (Å²) in [6.45, 7) is 3.23. The fourth-order valence-electron chi connectivity index (χ4n) is 4.09. The van der Waals surface area contributed by atoms with Crippen molar-refractivity contribution in [3.63, 3.8) is 0 Å². The van der Waals surface area contributed by atoms with Crippen molar-refractivity contribution in [1.29, 1.82) is 0 Å². The van der Waals surface area contributed by atoms with Crippen LogP contribution in [0.4, 0.5) is 0 Å². The molecule has 0 bridgehead atoms. The first-order chi connectivity index (χ1) is 16.8. The number of hydrogen-bond donors (Lipinski definition) is 1. The average molecular weight is 455 g/mol. The van der Waals surface area contributed by atoms with Crippen molar-refractivity contribution in [3.05, 3.63) is 84.4 Å². The van der Waals surface area contributed by atoms with Crippen molar-refractivity contribution >= 4 is 16.8 Å². The summed E-state index contributed by atoms with van der Waals surface area (Å²) in [5.41, 5.74) is 3.02. The first-order valence-electron chi connectivity index (χ1n) is 12.1. The van der Waals surface area contributed by atoms with Crippen LogP contribution in [0.5, 0.6) is 11.5 Å². The van der Waals surface area contributed by atoms with Crippen molar-refractivity contribution in [3.8, 4) is 22.8 Å². The van der Waals surface area contributed by atoms with Crippen molar-refractivity contribution in [2.45, 2.75) is 25.7 Å². The van der Waals surface area contributed by atoms with Crippen LogP contribution in [-0.4, -0.2) is 32.1 Å². The molecule has 0 atom stereocenters. The highest BCUT2D eigenvalue weighted by molar-refractivity contribution is 6.02. The Bertz CT molecular complexity index is 1230. The molecule has 1 N–H and O–H groups in total. The van der Waals surface area contributed by atoms with Gasteiger partial charge in [0.15, 0.2) is 0 Å². The lowest BCUT2D eigenvalue weighted by Crippen LogP contribution is -2.19. The Kier molecular flexibility index (Phi) is 7.10. The summed E-state index contributed by atoms with van der Waals surface area (Å²) in [7, 11) is 0. The van der Waals surface area contributed by atoms with E-state index in [1.165, 1.54) is 0 Å². The number of aliphatic imine (C=N–C) groups is 1. The number of para-hydroxylation sites is 1. The van der Waals surface area contributed by atoms with Gasteiger partial charge < -0.3 is 19.2 Å². The fourth-order valence-corrected chi connectivity index (χ4v) is 4.09. The molecular formula is C29H30N2O3. The van der Waals surface area contributed by atoms with Gasteiger partial charge in [-0.15, -0.1) is 0 Å². The summed E-state index contributed by atoms with van der Waals surface area (Å²) in [5.74, 6) is 3.65. The molecule has 5 rings (SSSR count). The van der Waals surface area contributed by atoms with Crippen molar-refractivity contribution in [2.24, 2.45) is 4.99 Å². The van der Waals surface area contributed by atoms with Crippen LogP contribution < -0.4 is 14.8 Å². The van der Waals surface area contributed by atoms with Gasteiger partial charge in [-0.3, -0.25) is 4.99 Å². The third-order valence-electron chi connectivity index (χ3n) is 5.92. The number of unbranched alkanes of at least 4 members (excludes halogenated alkanes) is 3. The maximum atomic E-state index is 6.07. The molecule has 5 nitrogen and oxygen atoms in total. The van der Waals surface area contributed by atoms with Gasteiger partial charge in [-0.2, -0.15) is 0 Å². The molecule has 0 unspecified atom stereocenters. The van der Waals surface area contributed by atoms with E-state index in [4.69, 9.17) is 13.9 Å². The lowest BCUT2D eigenvalue weighted by Gasteiger charge is -2.07. The first-order valence-corrected chi connectivity index (χ1v) is 12.1. The van der Waals surface area contributed by atoms with Crippen LogP contribution >= 0.6 is 0 Å². The van der Waals surface area contributed by atoms with E-state index >= 15 is 0 Å². The normalized spacial score (nSPS) is 13.0. The third kappa shape index (κ3) is 5.60. The molecule has 0 amide bonds. The van der Waals surface area contributed by atoms with Crippen LogP contribution in [0.25, 0.3) is 22.3 Å². The van der Waals surface area contributed by atoms with E-state index in [2.05, 4.69) is 40.6 Å².